The Labute approximate surface area is 178 Å². The number of amides is 3. The quantitative estimate of drug-likeness (QED) is 0.540. The first-order valence-electron chi connectivity index (χ1n) is 10.5. The second-order valence-electron chi connectivity index (χ2n) is 8.87. The molecule has 0 unspecified atom stereocenters. The Kier molecular flexibility index (Phi) is 5.66. The van der Waals surface area contributed by atoms with E-state index in [4.69, 9.17) is 11.6 Å². The molecule has 1 heterocycles. The minimum Gasteiger partial charge on any atom is -0.380 e. The fourth-order valence-electron chi connectivity index (χ4n) is 5.07. The maximum Gasteiger partial charge on any atom is 0.315 e. The Hall–Kier alpha value is -1.93. The monoisotopic (exact) mass is 441 g/mol. The summed E-state index contributed by atoms with van der Waals surface area (Å²) < 4.78 is 29.4. The van der Waals surface area contributed by atoms with E-state index < -0.39 is 34.7 Å². The molecule has 2 aliphatic carbocycles. The molecule has 4 N–H and O–H groups in total. The lowest BCUT2D eigenvalue weighted by atomic mass is 9.73. The fourth-order valence-corrected chi connectivity index (χ4v) is 5.23. The number of benzene rings is 1. The zero-order valence-corrected chi connectivity index (χ0v) is 17.3. The van der Waals surface area contributed by atoms with Crippen LogP contribution in [0.1, 0.15) is 63.0 Å². The van der Waals surface area contributed by atoms with Gasteiger partial charge in [0.2, 0.25) is 0 Å². The van der Waals surface area contributed by atoms with Crippen molar-refractivity contribution in [3.8, 4) is 0 Å². The zero-order valence-electron chi connectivity index (χ0n) is 16.6. The Morgan fingerprint density at radius 2 is 1.87 bits per heavy atom. The second kappa shape index (κ2) is 7.96. The van der Waals surface area contributed by atoms with E-state index in [2.05, 4.69) is 16.0 Å². The van der Waals surface area contributed by atoms with E-state index in [9.17, 15) is 23.5 Å². The van der Waals surface area contributed by atoms with Crippen molar-refractivity contribution in [2.75, 3.05) is 6.54 Å². The smallest absolute Gasteiger partial charge is 0.315 e. The molecule has 1 atom stereocenters. The first-order valence-corrected chi connectivity index (χ1v) is 10.8. The van der Waals surface area contributed by atoms with Crippen molar-refractivity contribution in [1.82, 2.24) is 16.0 Å². The van der Waals surface area contributed by atoms with Crippen LogP contribution in [-0.4, -0.2) is 34.7 Å². The molecule has 3 amide bonds. The average Bonchev–Trinajstić information content (AvgIpc) is 3.37. The predicted octanol–water partition coefficient (Wildman–Crippen LogP) is 3.32. The molecule has 0 bridgehead atoms. The van der Waals surface area contributed by atoms with E-state index in [0.717, 1.165) is 37.8 Å². The summed E-state index contributed by atoms with van der Waals surface area (Å²) in [6.07, 6.45) is 4.47. The highest BCUT2D eigenvalue weighted by Crippen LogP contribution is 2.41. The maximum absolute atomic E-state index is 14.8. The van der Waals surface area contributed by atoms with Crippen molar-refractivity contribution in [2.45, 2.75) is 68.5 Å². The van der Waals surface area contributed by atoms with Crippen LogP contribution in [0.25, 0.3) is 0 Å². The summed E-state index contributed by atoms with van der Waals surface area (Å²) in [7, 11) is 0. The van der Waals surface area contributed by atoms with Gasteiger partial charge in [0.1, 0.15) is 17.2 Å². The minimum atomic E-state index is -1.65. The molecular formula is C21H26ClF2N3O3. The molecule has 3 fully saturated rings. The lowest BCUT2D eigenvalue weighted by Crippen LogP contribution is -2.56. The first-order chi connectivity index (χ1) is 14.2. The van der Waals surface area contributed by atoms with E-state index in [1.807, 2.05) is 0 Å². The first kappa shape index (κ1) is 21.3. The molecule has 6 nitrogen and oxygen atoms in total. The van der Waals surface area contributed by atoms with Gasteiger partial charge in [-0.2, -0.15) is 0 Å². The molecule has 30 heavy (non-hydrogen) atoms. The van der Waals surface area contributed by atoms with Gasteiger partial charge in [0.15, 0.2) is 0 Å². The second-order valence-corrected chi connectivity index (χ2v) is 9.28. The Morgan fingerprint density at radius 3 is 2.47 bits per heavy atom. The van der Waals surface area contributed by atoms with Gasteiger partial charge in [0.25, 0.3) is 5.91 Å². The molecule has 1 aromatic rings. The van der Waals surface area contributed by atoms with Gasteiger partial charge in [-0.25, -0.2) is 13.6 Å². The molecule has 1 spiro atoms. The molecule has 3 aliphatic rings. The third kappa shape index (κ3) is 3.87. The van der Waals surface area contributed by atoms with E-state index in [-0.39, 0.29) is 35.4 Å². The van der Waals surface area contributed by atoms with Crippen molar-refractivity contribution >= 4 is 23.5 Å². The number of hydrogen-bond donors (Lipinski definition) is 4. The van der Waals surface area contributed by atoms with Crippen molar-refractivity contribution in [3.63, 3.8) is 0 Å². The van der Waals surface area contributed by atoms with E-state index >= 15 is 0 Å². The van der Waals surface area contributed by atoms with Gasteiger partial charge in [-0.05, 0) is 56.6 Å². The number of halogens is 3. The third-order valence-corrected chi connectivity index (χ3v) is 7.26. The molecule has 2 saturated carbocycles. The molecule has 1 aromatic carbocycles. The summed E-state index contributed by atoms with van der Waals surface area (Å²) in [5, 5.41) is 19.2. The van der Waals surface area contributed by atoms with Crippen LogP contribution < -0.4 is 16.0 Å². The molecule has 1 aliphatic heterocycles. The highest BCUT2D eigenvalue weighted by atomic mass is 35.5. The Balaban J connectivity index is 1.54. The zero-order chi connectivity index (χ0) is 21.5. The highest BCUT2D eigenvalue weighted by Gasteiger charge is 2.49. The molecule has 0 aromatic heterocycles. The van der Waals surface area contributed by atoms with Crippen LogP contribution in [0.2, 0.25) is 5.02 Å². The number of carbonyl (C=O) groups excluding carboxylic acids is 2. The summed E-state index contributed by atoms with van der Waals surface area (Å²) in [6, 6.07) is 1.11. The molecular weight excluding hydrogens is 416 g/mol. The van der Waals surface area contributed by atoms with Crippen molar-refractivity contribution < 1.29 is 23.5 Å². The fraction of sp³-hybridized carbons (Fsp3) is 0.619. The third-order valence-electron chi connectivity index (χ3n) is 6.97. The van der Waals surface area contributed by atoms with Gasteiger partial charge in [-0.15, -0.1) is 0 Å². The number of carbonyl (C=O) groups is 2. The number of nitrogens with one attached hydrogen (secondary N) is 3. The number of hydrogen-bond acceptors (Lipinski definition) is 3. The number of aliphatic hydroxyl groups is 1. The van der Waals surface area contributed by atoms with Crippen molar-refractivity contribution in [1.29, 1.82) is 0 Å². The van der Waals surface area contributed by atoms with Crippen LogP contribution >= 0.6 is 11.6 Å². The lowest BCUT2D eigenvalue weighted by molar-refractivity contribution is -0.145. The summed E-state index contributed by atoms with van der Waals surface area (Å²) in [5.74, 6) is -2.40. The topological polar surface area (TPSA) is 90.5 Å². The lowest BCUT2D eigenvalue weighted by Gasteiger charge is -2.41. The normalized spacial score (nSPS) is 30.2. The predicted molar refractivity (Wildman–Crippen MR) is 107 cm³/mol. The van der Waals surface area contributed by atoms with Gasteiger partial charge in [-0.1, -0.05) is 24.4 Å². The summed E-state index contributed by atoms with van der Waals surface area (Å²) >= 11 is 5.89. The van der Waals surface area contributed by atoms with Crippen LogP contribution in [0, 0.1) is 17.6 Å². The highest BCUT2D eigenvalue weighted by molar-refractivity contribution is 6.30. The van der Waals surface area contributed by atoms with E-state index in [0.29, 0.717) is 19.4 Å². The van der Waals surface area contributed by atoms with Crippen LogP contribution in [0.15, 0.2) is 12.1 Å². The SMILES string of the molecule is O=C1NCC2(CCC(O)(C(=O)N[C@H](c3c(F)ccc(Cl)c3F)C3CCCC3)CC2)N1. The largest absolute Gasteiger partial charge is 0.380 e. The van der Waals surface area contributed by atoms with Crippen LogP contribution in [0.5, 0.6) is 0 Å². The number of urea groups is 1. The van der Waals surface area contributed by atoms with E-state index in [1.165, 1.54) is 0 Å². The summed E-state index contributed by atoms with van der Waals surface area (Å²) in [6.45, 7) is 0.452. The van der Waals surface area contributed by atoms with Gasteiger partial charge < -0.3 is 21.1 Å². The number of rotatable bonds is 4. The van der Waals surface area contributed by atoms with E-state index in [1.54, 1.807) is 0 Å². The van der Waals surface area contributed by atoms with Gasteiger partial charge >= 0.3 is 6.03 Å². The molecule has 164 valence electrons. The van der Waals surface area contributed by atoms with Gasteiger partial charge in [-0.3, -0.25) is 4.79 Å². The van der Waals surface area contributed by atoms with Crippen LogP contribution in [0.4, 0.5) is 13.6 Å². The average molecular weight is 442 g/mol. The molecule has 0 radical (unpaired) electrons. The summed E-state index contributed by atoms with van der Waals surface area (Å²) in [4.78, 5) is 24.6. The Bertz CT molecular complexity index is 852. The summed E-state index contributed by atoms with van der Waals surface area (Å²) in [5.41, 5.74) is -2.36. The maximum atomic E-state index is 14.8. The Morgan fingerprint density at radius 1 is 1.20 bits per heavy atom. The van der Waals surface area contributed by atoms with Crippen molar-refractivity contribution in [2.24, 2.45) is 5.92 Å². The molecule has 4 rings (SSSR count). The van der Waals surface area contributed by atoms with Gasteiger partial charge in [0.05, 0.1) is 16.6 Å². The van der Waals surface area contributed by atoms with Gasteiger partial charge in [0, 0.05) is 12.1 Å². The van der Waals surface area contributed by atoms with Crippen LogP contribution in [0.3, 0.4) is 0 Å². The molecule has 1 saturated heterocycles. The van der Waals surface area contributed by atoms with Crippen molar-refractivity contribution in [3.05, 3.63) is 34.4 Å². The standard InChI is InChI=1S/C21H26ClF2N3O3/c22-13-5-6-14(23)15(16(13)24)17(12-3-1-2-4-12)26-18(28)21(30)9-7-20(8-10-21)11-25-19(29)27-20/h5-6,12,17,30H,1-4,7-11H2,(H,26,28)(H2,25,27,29)/t17-,20?,21?/m0/s1. The molecule has 9 heteroatoms. The minimum absolute atomic E-state index is 0.131. The van der Waals surface area contributed by atoms with Crippen LogP contribution in [-0.2, 0) is 4.79 Å².